The van der Waals surface area contributed by atoms with E-state index in [1.165, 1.54) is 27.3 Å². The number of quaternary nitrogens is 1. The van der Waals surface area contributed by atoms with E-state index in [-0.39, 0.29) is 0 Å². The maximum absolute atomic E-state index is 6.37. The Labute approximate surface area is 200 Å². The molecule has 3 aliphatic heterocycles. The second kappa shape index (κ2) is 9.29. The van der Waals surface area contributed by atoms with Crippen molar-refractivity contribution in [3.05, 3.63) is 120 Å². The zero-order valence-electron chi connectivity index (χ0n) is 19.2. The van der Waals surface area contributed by atoms with Crippen molar-refractivity contribution in [1.29, 1.82) is 0 Å². The molecule has 0 aromatic heterocycles. The number of rotatable bonds is 6. The number of hydrogen-bond donors (Lipinski definition) is 1. The van der Waals surface area contributed by atoms with Crippen molar-refractivity contribution in [2.24, 2.45) is 4.99 Å². The Morgan fingerprint density at radius 2 is 1.65 bits per heavy atom. The second-order valence-corrected chi connectivity index (χ2v) is 9.10. The molecular weight excluding hydrogens is 420 g/mol. The van der Waals surface area contributed by atoms with E-state index in [1.807, 2.05) is 6.20 Å². The molecule has 0 fully saturated rings. The molecule has 0 saturated heterocycles. The maximum Gasteiger partial charge on any atom is 0.233 e. The number of aliphatic imine (C=N–C) groups is 1. The van der Waals surface area contributed by atoms with E-state index in [0.717, 1.165) is 37.8 Å². The summed E-state index contributed by atoms with van der Waals surface area (Å²) in [5.74, 6) is 2.08. The fraction of sp³-hybridized carbons (Fsp3) is 0.207. The lowest BCUT2D eigenvalue weighted by Crippen LogP contribution is -3.11. The zero-order chi connectivity index (χ0) is 22.7. The molecular formula is C29H29N4O+. The predicted octanol–water partition coefficient (Wildman–Crippen LogP) is 3.75. The van der Waals surface area contributed by atoms with E-state index in [4.69, 9.17) is 4.74 Å². The topological polar surface area (TPSA) is 32.5 Å². The van der Waals surface area contributed by atoms with Crippen LogP contribution in [-0.2, 0) is 19.5 Å². The number of nitrogens with one attached hydrogen (secondary N) is 1. The average Bonchev–Trinajstić information content (AvgIpc) is 3.37. The van der Waals surface area contributed by atoms with Gasteiger partial charge in [-0.3, -0.25) is 9.80 Å². The van der Waals surface area contributed by atoms with Gasteiger partial charge in [-0.05, 0) is 29.7 Å². The highest BCUT2D eigenvalue weighted by Gasteiger charge is 2.31. The van der Waals surface area contributed by atoms with Crippen LogP contribution in [0.3, 0.4) is 0 Å². The van der Waals surface area contributed by atoms with Crippen molar-refractivity contribution < 1.29 is 9.64 Å². The summed E-state index contributed by atoms with van der Waals surface area (Å²) in [5.41, 5.74) is 5.17. The van der Waals surface area contributed by atoms with Gasteiger partial charge in [-0.2, -0.15) is 4.99 Å². The van der Waals surface area contributed by atoms with Crippen molar-refractivity contribution >= 4 is 11.5 Å². The highest BCUT2D eigenvalue weighted by Crippen LogP contribution is 2.35. The molecule has 2 atom stereocenters. The molecule has 3 aromatic carbocycles. The molecule has 5 heteroatoms. The van der Waals surface area contributed by atoms with Gasteiger partial charge in [0, 0.05) is 37.0 Å². The molecule has 0 aliphatic carbocycles. The smallest absolute Gasteiger partial charge is 0.233 e. The van der Waals surface area contributed by atoms with Gasteiger partial charge < -0.3 is 4.74 Å². The standard InChI is InChI=1S/C29H28N4O/c1-3-8-23(9-4-1)19-33(20-24-10-5-2-6-11-24)25-18-26-27(12-7-13-28(26)34-21-25)31-16-14-29-30-15-17-32(29)22-31/h1-17,25H,18-22H2/p+1/t25-/m0/s1. The molecule has 34 heavy (non-hydrogen) atoms. The number of hydrogen-bond acceptors (Lipinski definition) is 4. The molecule has 1 unspecified atom stereocenters. The van der Waals surface area contributed by atoms with Gasteiger partial charge in [-0.15, -0.1) is 0 Å². The van der Waals surface area contributed by atoms with E-state index in [0.29, 0.717) is 12.6 Å². The average molecular weight is 450 g/mol. The Bertz CT molecular complexity index is 1190. The Balaban J connectivity index is 1.29. The Morgan fingerprint density at radius 1 is 0.912 bits per heavy atom. The number of fused-ring (bicyclic) bond motifs is 2. The molecule has 5 nitrogen and oxygen atoms in total. The van der Waals surface area contributed by atoms with Crippen molar-refractivity contribution in [2.45, 2.75) is 25.6 Å². The Morgan fingerprint density at radius 3 is 2.38 bits per heavy atom. The lowest BCUT2D eigenvalue weighted by molar-refractivity contribution is -0.742. The molecule has 170 valence electrons. The lowest BCUT2D eigenvalue weighted by Gasteiger charge is -2.37. The molecule has 3 heterocycles. The molecule has 3 aromatic rings. The normalized spacial score (nSPS) is 20.6. The van der Waals surface area contributed by atoms with Crippen LogP contribution in [0.25, 0.3) is 0 Å². The fourth-order valence-electron chi connectivity index (χ4n) is 5.05. The lowest BCUT2D eigenvalue weighted by atomic mass is 9.97. The van der Waals surface area contributed by atoms with E-state index < -0.39 is 0 Å². The number of ether oxygens (including phenoxy) is 1. The first kappa shape index (κ1) is 20.9. The van der Waals surface area contributed by atoms with Crippen LogP contribution in [0.2, 0.25) is 0 Å². The van der Waals surface area contributed by atoms with Crippen LogP contribution in [0.5, 0.6) is 5.75 Å². The molecule has 6 rings (SSSR count). The van der Waals surface area contributed by atoms with Gasteiger partial charge in [0.25, 0.3) is 0 Å². The van der Waals surface area contributed by atoms with Crippen LogP contribution in [-0.4, -0.2) is 30.1 Å². The summed E-state index contributed by atoms with van der Waals surface area (Å²) in [6.45, 7) is 3.33. The summed E-state index contributed by atoms with van der Waals surface area (Å²) in [7, 11) is 0. The molecule has 0 spiro atoms. The van der Waals surface area contributed by atoms with Crippen LogP contribution >= 0.6 is 0 Å². The predicted molar refractivity (Wildman–Crippen MR) is 136 cm³/mol. The molecule has 0 amide bonds. The highest BCUT2D eigenvalue weighted by atomic mass is 16.5. The van der Waals surface area contributed by atoms with Crippen LogP contribution in [0.1, 0.15) is 16.7 Å². The maximum atomic E-state index is 6.37. The third kappa shape index (κ3) is 4.28. The van der Waals surface area contributed by atoms with E-state index in [2.05, 4.69) is 112 Å². The zero-order valence-corrected chi connectivity index (χ0v) is 19.2. The van der Waals surface area contributed by atoms with Crippen LogP contribution in [0.15, 0.2) is 109 Å². The van der Waals surface area contributed by atoms with Gasteiger partial charge in [0.15, 0.2) is 6.67 Å². The Kier molecular flexibility index (Phi) is 5.71. The first-order valence-electron chi connectivity index (χ1n) is 12.0. The van der Waals surface area contributed by atoms with Gasteiger partial charge in [-0.1, -0.05) is 66.7 Å². The summed E-state index contributed by atoms with van der Waals surface area (Å²) in [4.78, 5) is 10.6. The largest absolute Gasteiger partial charge is 0.492 e. The summed E-state index contributed by atoms with van der Waals surface area (Å²) in [5, 5.41) is 0. The summed E-state index contributed by atoms with van der Waals surface area (Å²) in [6.07, 6.45) is 9.23. The van der Waals surface area contributed by atoms with Gasteiger partial charge in [0.05, 0.1) is 11.9 Å². The molecule has 0 bridgehead atoms. The van der Waals surface area contributed by atoms with E-state index >= 15 is 0 Å². The molecule has 1 N–H and O–H groups in total. The minimum Gasteiger partial charge on any atom is -0.492 e. The van der Waals surface area contributed by atoms with E-state index in [9.17, 15) is 0 Å². The molecule has 0 saturated carbocycles. The minimum absolute atomic E-state index is 0.291. The second-order valence-electron chi connectivity index (χ2n) is 9.10. The van der Waals surface area contributed by atoms with Gasteiger partial charge in [-0.25, -0.2) is 4.90 Å². The third-order valence-electron chi connectivity index (χ3n) is 6.83. The monoisotopic (exact) mass is 449 g/mol. The van der Waals surface area contributed by atoms with Crippen LogP contribution in [0, 0.1) is 0 Å². The third-order valence-corrected chi connectivity index (χ3v) is 6.83. The van der Waals surface area contributed by atoms with Crippen LogP contribution < -0.4 is 14.5 Å². The first-order valence-corrected chi connectivity index (χ1v) is 12.0. The SMILES string of the molecule is C1=C[NH+]2CN(c3cccc4c3C[C@H](N(Cc3ccccc3)Cc3ccccc3)CO4)C=CC2=N1. The number of benzene rings is 3. The van der Waals surface area contributed by atoms with Crippen molar-refractivity contribution in [2.75, 3.05) is 18.2 Å². The number of nitrogens with zero attached hydrogens (tertiary/aromatic N) is 3. The molecule has 0 radical (unpaired) electrons. The fourth-order valence-corrected chi connectivity index (χ4v) is 5.05. The summed E-state index contributed by atoms with van der Waals surface area (Å²) >= 11 is 0. The first-order chi connectivity index (χ1) is 16.8. The Hall–Kier alpha value is -3.67. The van der Waals surface area contributed by atoms with Gasteiger partial charge in [0.1, 0.15) is 18.6 Å². The van der Waals surface area contributed by atoms with Gasteiger partial charge in [0.2, 0.25) is 5.84 Å². The summed E-state index contributed by atoms with van der Waals surface area (Å²) in [6, 6.07) is 28.2. The number of anilines is 1. The molecule has 3 aliphatic rings. The van der Waals surface area contributed by atoms with Gasteiger partial charge >= 0.3 is 0 Å². The van der Waals surface area contributed by atoms with Crippen molar-refractivity contribution in [1.82, 2.24) is 4.90 Å². The van der Waals surface area contributed by atoms with Crippen molar-refractivity contribution in [3.63, 3.8) is 0 Å². The van der Waals surface area contributed by atoms with E-state index in [1.54, 1.807) is 0 Å². The van der Waals surface area contributed by atoms with Crippen LogP contribution in [0.4, 0.5) is 5.69 Å². The highest BCUT2D eigenvalue weighted by molar-refractivity contribution is 5.88. The summed E-state index contributed by atoms with van der Waals surface area (Å²) < 4.78 is 6.37. The minimum atomic E-state index is 0.291. The number of amidine groups is 1. The quantitative estimate of drug-likeness (QED) is 0.622. The van der Waals surface area contributed by atoms with Crippen molar-refractivity contribution in [3.8, 4) is 5.75 Å².